The molecule has 156 valence electrons. The highest BCUT2D eigenvalue weighted by Crippen LogP contribution is 2.55. The van der Waals surface area contributed by atoms with Gasteiger partial charge in [-0.05, 0) is 86.1 Å². The van der Waals surface area contributed by atoms with Crippen LogP contribution in [-0.4, -0.2) is 33.4 Å². The molecule has 0 radical (unpaired) electrons. The van der Waals surface area contributed by atoms with E-state index in [9.17, 15) is 14.7 Å². The molecule has 6 rings (SSSR count). The molecule has 4 aliphatic carbocycles. The quantitative estimate of drug-likeness (QED) is 0.747. The van der Waals surface area contributed by atoms with Gasteiger partial charge in [-0.1, -0.05) is 19.1 Å². The number of amides is 1. The molecule has 4 fully saturated rings. The fourth-order valence-corrected chi connectivity index (χ4v) is 6.34. The predicted molar refractivity (Wildman–Crippen MR) is 113 cm³/mol. The lowest BCUT2D eigenvalue weighted by atomic mass is 9.52. The second kappa shape index (κ2) is 7.31. The third-order valence-corrected chi connectivity index (χ3v) is 7.43. The van der Waals surface area contributed by atoms with Crippen LogP contribution in [-0.2, 0) is 6.42 Å². The van der Waals surface area contributed by atoms with Crippen molar-refractivity contribution in [2.75, 3.05) is 0 Å². The fourth-order valence-electron chi connectivity index (χ4n) is 6.34. The Bertz CT molecular complexity index is 971. The number of pyridine rings is 1. The van der Waals surface area contributed by atoms with Crippen molar-refractivity contribution in [3.63, 3.8) is 0 Å². The summed E-state index contributed by atoms with van der Waals surface area (Å²) in [6.45, 7) is 2.00. The van der Waals surface area contributed by atoms with Crippen LogP contribution >= 0.6 is 0 Å². The van der Waals surface area contributed by atoms with E-state index in [0.717, 1.165) is 37.7 Å². The van der Waals surface area contributed by atoms with Gasteiger partial charge in [-0.2, -0.15) is 0 Å². The van der Waals surface area contributed by atoms with E-state index in [1.165, 1.54) is 0 Å². The van der Waals surface area contributed by atoms with Gasteiger partial charge in [0.1, 0.15) is 5.69 Å². The van der Waals surface area contributed by atoms with Crippen LogP contribution in [0, 0.1) is 17.8 Å². The molecule has 4 aliphatic rings. The number of aryl methyl sites for hydroxylation is 1. The first-order valence-electron chi connectivity index (χ1n) is 11.1. The van der Waals surface area contributed by atoms with Crippen molar-refractivity contribution in [1.29, 1.82) is 0 Å². The summed E-state index contributed by atoms with van der Waals surface area (Å²) in [6, 6.07) is 10.8. The molecule has 1 heterocycles. The van der Waals surface area contributed by atoms with Gasteiger partial charge in [0, 0.05) is 23.4 Å². The Labute approximate surface area is 176 Å². The van der Waals surface area contributed by atoms with Gasteiger partial charge in [0.05, 0.1) is 5.60 Å². The minimum Gasteiger partial charge on any atom is -0.390 e. The van der Waals surface area contributed by atoms with Gasteiger partial charge in [0.25, 0.3) is 5.91 Å². The summed E-state index contributed by atoms with van der Waals surface area (Å²) in [5.74, 6) is 1.17. The van der Waals surface area contributed by atoms with Crippen LogP contribution in [0.1, 0.15) is 71.0 Å². The molecule has 0 aliphatic heterocycles. The number of nitrogens with one attached hydrogen (secondary N) is 1. The van der Waals surface area contributed by atoms with Gasteiger partial charge in [-0.25, -0.2) is 0 Å². The van der Waals surface area contributed by atoms with Crippen molar-refractivity contribution < 1.29 is 14.7 Å². The van der Waals surface area contributed by atoms with Crippen molar-refractivity contribution in [3.05, 3.63) is 65.0 Å². The minimum atomic E-state index is -0.500. The second-order valence-corrected chi connectivity index (χ2v) is 9.46. The lowest BCUT2D eigenvalue weighted by Crippen LogP contribution is -2.61. The summed E-state index contributed by atoms with van der Waals surface area (Å²) >= 11 is 0. The average Bonchev–Trinajstić information content (AvgIpc) is 2.74. The third-order valence-electron chi connectivity index (χ3n) is 7.43. The topological polar surface area (TPSA) is 79.3 Å². The van der Waals surface area contributed by atoms with Crippen molar-refractivity contribution in [2.24, 2.45) is 17.8 Å². The molecule has 1 aromatic heterocycles. The molecule has 2 N–H and O–H groups in total. The molecule has 0 saturated heterocycles. The Kier molecular flexibility index (Phi) is 4.73. The van der Waals surface area contributed by atoms with Crippen molar-refractivity contribution in [2.45, 2.75) is 57.1 Å². The van der Waals surface area contributed by atoms with E-state index >= 15 is 0 Å². The Hall–Kier alpha value is -2.53. The molecule has 0 spiro atoms. The van der Waals surface area contributed by atoms with Gasteiger partial charge in [-0.3, -0.25) is 14.6 Å². The Balaban J connectivity index is 1.35. The maximum Gasteiger partial charge on any atom is 0.251 e. The Morgan fingerprint density at radius 3 is 2.53 bits per heavy atom. The van der Waals surface area contributed by atoms with Crippen LogP contribution in [0.2, 0.25) is 0 Å². The SMILES string of the molecule is CCc1cc(C(=O)c2ccccn2)ccc1C(=O)NC1C2CC3CC1CC(O)(C3)C2. The molecule has 4 bridgehead atoms. The standard InChI is InChI=1S/C25H28N2O3/c1-2-16-11-17(23(28)21-5-3-4-8-26-21)6-7-20(16)24(29)27-22-18-9-15-10-19(22)14-25(30,12-15)13-18/h3-8,11,15,18-19,22,30H,2,9-10,12-14H2,1H3,(H,27,29). The molecule has 4 saturated carbocycles. The zero-order valence-electron chi connectivity index (χ0n) is 17.3. The Morgan fingerprint density at radius 2 is 1.90 bits per heavy atom. The first kappa shape index (κ1) is 19.4. The highest BCUT2D eigenvalue weighted by atomic mass is 16.3. The highest BCUT2D eigenvalue weighted by Gasteiger charge is 2.55. The smallest absolute Gasteiger partial charge is 0.251 e. The molecular formula is C25H28N2O3. The number of aromatic nitrogens is 1. The first-order valence-corrected chi connectivity index (χ1v) is 11.1. The Morgan fingerprint density at radius 1 is 1.13 bits per heavy atom. The normalized spacial score (nSPS) is 31.5. The number of benzene rings is 1. The number of nitrogens with zero attached hydrogens (tertiary/aromatic N) is 1. The highest BCUT2D eigenvalue weighted by molar-refractivity contribution is 6.08. The van der Waals surface area contributed by atoms with Crippen LogP contribution in [0.3, 0.4) is 0 Å². The number of aliphatic hydroxyl groups is 1. The molecule has 30 heavy (non-hydrogen) atoms. The molecule has 2 unspecified atom stereocenters. The van der Waals surface area contributed by atoms with Gasteiger partial charge in [-0.15, -0.1) is 0 Å². The molecule has 2 aromatic rings. The van der Waals surface area contributed by atoms with Crippen molar-refractivity contribution in [3.8, 4) is 0 Å². The molecule has 2 atom stereocenters. The molecular weight excluding hydrogens is 376 g/mol. The lowest BCUT2D eigenvalue weighted by Gasteiger charge is -2.58. The van der Waals surface area contributed by atoms with E-state index in [1.54, 1.807) is 36.5 Å². The number of hydrogen-bond acceptors (Lipinski definition) is 4. The summed E-state index contributed by atoms with van der Waals surface area (Å²) in [5, 5.41) is 14.1. The maximum atomic E-state index is 13.2. The van der Waals surface area contributed by atoms with E-state index in [2.05, 4.69) is 10.3 Å². The van der Waals surface area contributed by atoms with Gasteiger partial charge in [0.15, 0.2) is 0 Å². The second-order valence-electron chi connectivity index (χ2n) is 9.46. The largest absolute Gasteiger partial charge is 0.390 e. The fraction of sp³-hybridized carbons (Fsp3) is 0.480. The van der Waals surface area contributed by atoms with E-state index in [4.69, 9.17) is 0 Å². The van der Waals surface area contributed by atoms with Crippen LogP contribution in [0.4, 0.5) is 0 Å². The number of hydrogen-bond donors (Lipinski definition) is 2. The van der Waals surface area contributed by atoms with Gasteiger partial charge < -0.3 is 10.4 Å². The van der Waals surface area contributed by atoms with Crippen molar-refractivity contribution >= 4 is 11.7 Å². The van der Waals surface area contributed by atoms with E-state index in [0.29, 0.717) is 41.0 Å². The first-order chi connectivity index (χ1) is 14.5. The number of carbonyl (C=O) groups excluding carboxylic acids is 2. The van der Waals surface area contributed by atoms with E-state index in [-0.39, 0.29) is 17.7 Å². The molecule has 1 aromatic carbocycles. The summed E-state index contributed by atoms with van der Waals surface area (Å²) < 4.78 is 0. The average molecular weight is 405 g/mol. The number of rotatable bonds is 5. The van der Waals surface area contributed by atoms with Crippen LogP contribution in [0.5, 0.6) is 0 Å². The maximum absolute atomic E-state index is 13.2. The monoisotopic (exact) mass is 404 g/mol. The van der Waals surface area contributed by atoms with E-state index < -0.39 is 5.60 Å². The molecule has 5 heteroatoms. The third kappa shape index (κ3) is 3.35. The summed E-state index contributed by atoms with van der Waals surface area (Å²) in [4.78, 5) is 30.0. The predicted octanol–water partition coefficient (Wildman–Crippen LogP) is 3.54. The van der Waals surface area contributed by atoms with Crippen LogP contribution in [0.25, 0.3) is 0 Å². The minimum absolute atomic E-state index is 0.0619. The zero-order chi connectivity index (χ0) is 20.9. The van der Waals surface area contributed by atoms with Crippen molar-refractivity contribution in [1.82, 2.24) is 10.3 Å². The summed E-state index contributed by atoms with van der Waals surface area (Å²) in [5.41, 5.74) is 1.97. The van der Waals surface area contributed by atoms with Gasteiger partial charge >= 0.3 is 0 Å². The number of carbonyl (C=O) groups is 2. The number of ketones is 1. The molecule has 1 amide bonds. The van der Waals surface area contributed by atoms with Gasteiger partial charge in [0.2, 0.25) is 5.78 Å². The van der Waals surface area contributed by atoms with Crippen LogP contribution < -0.4 is 5.32 Å². The summed E-state index contributed by atoms with van der Waals surface area (Å²) in [6.07, 6.45) is 7.06. The lowest BCUT2D eigenvalue weighted by molar-refractivity contribution is -0.136. The van der Waals surface area contributed by atoms with Crippen LogP contribution in [0.15, 0.2) is 42.6 Å². The zero-order valence-corrected chi connectivity index (χ0v) is 17.3. The molecule has 5 nitrogen and oxygen atoms in total. The summed E-state index contributed by atoms with van der Waals surface area (Å²) in [7, 11) is 0. The van der Waals surface area contributed by atoms with E-state index in [1.807, 2.05) is 13.0 Å².